The van der Waals surface area contributed by atoms with Crippen molar-refractivity contribution >= 4 is 17.6 Å². The van der Waals surface area contributed by atoms with Gasteiger partial charge in [-0.25, -0.2) is 4.79 Å². The molecule has 0 amide bonds. The molecule has 0 bridgehead atoms. The zero-order valence-electron chi connectivity index (χ0n) is 9.85. The maximum Gasteiger partial charge on any atom is 0.387 e. The predicted octanol–water partition coefficient (Wildman–Crippen LogP) is 2.58. The number of aliphatic hydroxyl groups is 1. The van der Waals surface area contributed by atoms with Gasteiger partial charge in [0.05, 0.1) is 0 Å². The standard InChI is InChI=1S/C12H13ClF2O4/c13-3-1-2-7-4-8(10(16)11(17)18)6-9(5-7)19-12(14)15/h4-6,10,12,16H,1-3H2,(H,17,18). The van der Waals surface area contributed by atoms with Gasteiger partial charge in [-0.05, 0) is 36.1 Å². The molecule has 0 aliphatic heterocycles. The lowest BCUT2D eigenvalue weighted by atomic mass is 10.0. The number of carboxylic acid groups (broad SMARTS) is 1. The Hall–Kier alpha value is -1.40. The van der Waals surface area contributed by atoms with Crippen molar-refractivity contribution in [3.63, 3.8) is 0 Å². The molecule has 106 valence electrons. The molecule has 0 radical (unpaired) electrons. The number of aliphatic hydroxyl groups excluding tert-OH is 1. The molecule has 1 rings (SSSR count). The van der Waals surface area contributed by atoms with Crippen LogP contribution in [-0.2, 0) is 11.2 Å². The molecular weight excluding hydrogens is 282 g/mol. The molecule has 0 aliphatic carbocycles. The molecule has 1 unspecified atom stereocenters. The molecular formula is C12H13ClF2O4. The average Bonchev–Trinajstić information content (AvgIpc) is 2.34. The van der Waals surface area contributed by atoms with Gasteiger partial charge in [-0.3, -0.25) is 0 Å². The lowest BCUT2D eigenvalue weighted by Gasteiger charge is -2.12. The van der Waals surface area contributed by atoms with Crippen LogP contribution >= 0.6 is 11.6 Å². The number of halogens is 3. The highest BCUT2D eigenvalue weighted by atomic mass is 35.5. The molecule has 1 aromatic carbocycles. The number of benzene rings is 1. The Kier molecular flexibility index (Phi) is 5.98. The highest BCUT2D eigenvalue weighted by Gasteiger charge is 2.18. The second-order valence-corrected chi connectivity index (χ2v) is 4.20. The normalized spacial score (nSPS) is 12.5. The number of rotatable bonds is 7. The monoisotopic (exact) mass is 294 g/mol. The Morgan fingerprint density at radius 2 is 2.05 bits per heavy atom. The van der Waals surface area contributed by atoms with Crippen molar-refractivity contribution in [3.05, 3.63) is 29.3 Å². The van der Waals surface area contributed by atoms with Crippen LogP contribution in [0.1, 0.15) is 23.7 Å². The molecule has 0 heterocycles. The topological polar surface area (TPSA) is 66.8 Å². The third kappa shape index (κ3) is 5.00. The van der Waals surface area contributed by atoms with E-state index in [-0.39, 0.29) is 11.3 Å². The zero-order valence-corrected chi connectivity index (χ0v) is 10.6. The molecule has 0 saturated carbocycles. The van der Waals surface area contributed by atoms with E-state index in [0.29, 0.717) is 24.3 Å². The van der Waals surface area contributed by atoms with Crippen LogP contribution in [0, 0.1) is 0 Å². The quantitative estimate of drug-likeness (QED) is 0.759. The maximum atomic E-state index is 12.2. The van der Waals surface area contributed by atoms with Crippen molar-refractivity contribution < 1.29 is 28.5 Å². The van der Waals surface area contributed by atoms with Crippen LogP contribution in [0.3, 0.4) is 0 Å². The van der Waals surface area contributed by atoms with Gasteiger partial charge < -0.3 is 14.9 Å². The second kappa shape index (κ2) is 7.25. The van der Waals surface area contributed by atoms with Crippen LogP contribution in [0.25, 0.3) is 0 Å². The summed E-state index contributed by atoms with van der Waals surface area (Å²) in [6.45, 7) is -3.02. The minimum absolute atomic E-state index is 0.00442. The second-order valence-electron chi connectivity index (χ2n) is 3.82. The molecule has 0 spiro atoms. The van der Waals surface area contributed by atoms with Gasteiger partial charge in [0.15, 0.2) is 6.10 Å². The number of aryl methyl sites for hydroxylation is 1. The van der Waals surface area contributed by atoms with Crippen molar-refractivity contribution in [1.82, 2.24) is 0 Å². The molecule has 1 aromatic rings. The Morgan fingerprint density at radius 3 is 2.58 bits per heavy atom. The number of alkyl halides is 3. The fraction of sp³-hybridized carbons (Fsp3) is 0.417. The molecule has 0 aliphatic rings. The van der Waals surface area contributed by atoms with Crippen molar-refractivity contribution in [3.8, 4) is 5.75 Å². The lowest BCUT2D eigenvalue weighted by Crippen LogP contribution is -2.12. The van der Waals surface area contributed by atoms with Gasteiger partial charge in [0.2, 0.25) is 0 Å². The van der Waals surface area contributed by atoms with Gasteiger partial charge in [0.1, 0.15) is 5.75 Å². The smallest absolute Gasteiger partial charge is 0.387 e. The molecule has 2 N–H and O–H groups in total. The van der Waals surface area contributed by atoms with Crippen LogP contribution in [-0.4, -0.2) is 28.7 Å². The summed E-state index contributed by atoms with van der Waals surface area (Å²) < 4.78 is 28.6. The van der Waals surface area contributed by atoms with Gasteiger partial charge in [0.25, 0.3) is 0 Å². The predicted molar refractivity (Wildman–Crippen MR) is 64.7 cm³/mol. The fourth-order valence-electron chi connectivity index (χ4n) is 1.57. The number of aliphatic carboxylic acids is 1. The van der Waals surface area contributed by atoms with Crippen molar-refractivity contribution in [2.75, 3.05) is 5.88 Å². The van der Waals surface area contributed by atoms with Crippen molar-refractivity contribution in [2.45, 2.75) is 25.6 Å². The molecule has 19 heavy (non-hydrogen) atoms. The van der Waals surface area contributed by atoms with Crippen LogP contribution < -0.4 is 4.74 Å². The Balaban J connectivity index is 3.04. The van der Waals surface area contributed by atoms with Gasteiger partial charge in [-0.1, -0.05) is 6.07 Å². The van der Waals surface area contributed by atoms with Crippen LogP contribution in [0.2, 0.25) is 0 Å². The summed E-state index contributed by atoms with van der Waals surface area (Å²) in [5.41, 5.74) is 0.573. The summed E-state index contributed by atoms with van der Waals surface area (Å²) in [5, 5.41) is 18.2. The van der Waals surface area contributed by atoms with E-state index in [1.807, 2.05) is 0 Å². The summed E-state index contributed by atoms with van der Waals surface area (Å²) in [7, 11) is 0. The van der Waals surface area contributed by atoms with Crippen molar-refractivity contribution in [2.24, 2.45) is 0 Å². The van der Waals surface area contributed by atoms with E-state index in [1.54, 1.807) is 0 Å². The molecule has 4 nitrogen and oxygen atoms in total. The van der Waals surface area contributed by atoms with Gasteiger partial charge in [-0.2, -0.15) is 8.78 Å². The minimum Gasteiger partial charge on any atom is -0.479 e. The molecule has 1 atom stereocenters. The van der Waals surface area contributed by atoms with Crippen LogP contribution in [0.4, 0.5) is 8.78 Å². The minimum atomic E-state index is -3.02. The Morgan fingerprint density at radius 1 is 1.37 bits per heavy atom. The van der Waals surface area contributed by atoms with Gasteiger partial charge >= 0.3 is 12.6 Å². The first kappa shape index (κ1) is 15.7. The fourth-order valence-corrected chi connectivity index (χ4v) is 1.71. The van der Waals surface area contributed by atoms with E-state index in [2.05, 4.69) is 4.74 Å². The third-order valence-electron chi connectivity index (χ3n) is 2.36. The van der Waals surface area contributed by atoms with E-state index in [9.17, 15) is 18.7 Å². The van der Waals surface area contributed by atoms with E-state index in [1.165, 1.54) is 12.1 Å². The summed E-state index contributed by atoms with van der Waals surface area (Å²) in [4.78, 5) is 10.7. The first-order valence-corrected chi connectivity index (χ1v) is 6.03. The molecule has 7 heteroatoms. The average molecular weight is 295 g/mol. The summed E-state index contributed by atoms with van der Waals surface area (Å²) in [5.74, 6) is -1.26. The largest absolute Gasteiger partial charge is 0.479 e. The number of hydrogen-bond donors (Lipinski definition) is 2. The van der Waals surface area contributed by atoms with Crippen LogP contribution in [0.15, 0.2) is 18.2 Å². The van der Waals surface area contributed by atoms with E-state index >= 15 is 0 Å². The summed E-state index contributed by atoms with van der Waals surface area (Å²) in [6, 6.07) is 3.88. The number of ether oxygens (including phenoxy) is 1. The summed E-state index contributed by atoms with van der Waals surface area (Å²) in [6.07, 6.45) is -0.707. The summed E-state index contributed by atoms with van der Waals surface area (Å²) >= 11 is 5.53. The SMILES string of the molecule is O=C(O)C(O)c1cc(CCCCl)cc(OC(F)F)c1. The Labute approximate surface area is 113 Å². The zero-order chi connectivity index (χ0) is 14.4. The van der Waals surface area contributed by atoms with E-state index in [0.717, 1.165) is 6.07 Å². The number of carbonyl (C=O) groups is 1. The molecule has 0 aromatic heterocycles. The Bertz CT molecular complexity index is 440. The molecule has 0 fully saturated rings. The van der Waals surface area contributed by atoms with Gasteiger partial charge in [-0.15, -0.1) is 11.6 Å². The van der Waals surface area contributed by atoms with Crippen molar-refractivity contribution in [1.29, 1.82) is 0 Å². The van der Waals surface area contributed by atoms with Crippen LogP contribution in [0.5, 0.6) is 5.75 Å². The number of hydrogen-bond acceptors (Lipinski definition) is 3. The third-order valence-corrected chi connectivity index (χ3v) is 2.63. The first-order valence-electron chi connectivity index (χ1n) is 5.49. The lowest BCUT2D eigenvalue weighted by molar-refractivity contribution is -0.146. The highest BCUT2D eigenvalue weighted by molar-refractivity contribution is 6.17. The maximum absolute atomic E-state index is 12.2. The number of carboxylic acids is 1. The van der Waals surface area contributed by atoms with E-state index in [4.69, 9.17) is 16.7 Å². The molecule has 0 saturated heterocycles. The first-order chi connectivity index (χ1) is 8.93. The highest BCUT2D eigenvalue weighted by Crippen LogP contribution is 2.24. The van der Waals surface area contributed by atoms with Gasteiger partial charge in [0, 0.05) is 5.88 Å². The van der Waals surface area contributed by atoms with E-state index < -0.39 is 18.7 Å².